The fourth-order valence-corrected chi connectivity index (χ4v) is 3.27. The highest BCUT2D eigenvalue weighted by Crippen LogP contribution is 2.43. The van der Waals surface area contributed by atoms with Gasteiger partial charge in [0.05, 0.1) is 10.2 Å². The number of carboxylic acids is 1. The lowest BCUT2D eigenvalue weighted by molar-refractivity contribution is -0.137. The van der Waals surface area contributed by atoms with Crippen molar-refractivity contribution < 1.29 is 14.7 Å². The van der Waals surface area contributed by atoms with Gasteiger partial charge in [-0.15, -0.1) is 0 Å². The fourth-order valence-electron chi connectivity index (χ4n) is 2.60. The van der Waals surface area contributed by atoms with E-state index in [-0.39, 0.29) is 18.1 Å². The molecule has 6 nitrogen and oxygen atoms in total. The third kappa shape index (κ3) is 3.84. The number of aliphatic carboxylic acids is 1. The van der Waals surface area contributed by atoms with Crippen LogP contribution in [0.5, 0.6) is 0 Å². The van der Waals surface area contributed by atoms with Gasteiger partial charge in [0, 0.05) is 12.5 Å². The molecule has 7 heteroatoms. The van der Waals surface area contributed by atoms with E-state index in [0.29, 0.717) is 23.4 Å². The summed E-state index contributed by atoms with van der Waals surface area (Å²) in [6.45, 7) is -0.0169. The van der Waals surface area contributed by atoms with Gasteiger partial charge >= 0.3 is 5.97 Å². The molecular weight excluding hydrogens is 374 g/mol. The standard InChI is InChI=1S/C17H18BrN3O3/c18-14-15(12-6-7-12)19-20-16(14)17(24)21(10-13(22)23)9-8-11-4-2-1-3-5-11/h1-5,12H,6-10H2,(H,19,20)(H,22,23). The summed E-state index contributed by atoms with van der Waals surface area (Å²) >= 11 is 3.43. The third-order valence-corrected chi connectivity index (χ3v) is 4.85. The molecule has 1 saturated carbocycles. The molecule has 0 unspecified atom stereocenters. The third-order valence-electron chi connectivity index (χ3n) is 4.05. The molecule has 1 aromatic carbocycles. The Labute approximate surface area is 148 Å². The monoisotopic (exact) mass is 391 g/mol. The van der Waals surface area contributed by atoms with Gasteiger partial charge in [0.2, 0.25) is 0 Å². The van der Waals surface area contributed by atoms with Gasteiger partial charge in [-0.1, -0.05) is 30.3 Å². The number of halogens is 1. The number of nitrogens with zero attached hydrogens (tertiary/aromatic N) is 2. The number of amides is 1. The molecule has 0 saturated heterocycles. The van der Waals surface area contributed by atoms with Gasteiger partial charge in [0.25, 0.3) is 5.91 Å². The Kier molecular flexibility index (Phi) is 4.99. The number of carbonyl (C=O) groups excluding carboxylic acids is 1. The molecule has 2 N–H and O–H groups in total. The minimum Gasteiger partial charge on any atom is -0.480 e. The molecule has 2 aromatic rings. The van der Waals surface area contributed by atoms with E-state index in [9.17, 15) is 9.59 Å². The van der Waals surface area contributed by atoms with Gasteiger partial charge in [-0.25, -0.2) is 0 Å². The largest absolute Gasteiger partial charge is 0.480 e. The summed E-state index contributed by atoms with van der Waals surface area (Å²) in [5, 5.41) is 16.1. The first-order chi connectivity index (χ1) is 11.6. The molecule has 3 rings (SSSR count). The maximum atomic E-state index is 12.7. The Balaban J connectivity index is 1.74. The van der Waals surface area contributed by atoms with Crippen LogP contribution in [0, 0.1) is 0 Å². The average molecular weight is 392 g/mol. The lowest BCUT2D eigenvalue weighted by Gasteiger charge is -2.20. The van der Waals surface area contributed by atoms with Crippen molar-refractivity contribution in [1.29, 1.82) is 0 Å². The normalized spacial score (nSPS) is 13.7. The quantitative estimate of drug-likeness (QED) is 0.759. The number of carboxylic acid groups (broad SMARTS) is 1. The predicted octanol–water partition coefficient (Wildman–Crippen LogP) is 2.82. The molecule has 1 heterocycles. The zero-order valence-corrected chi connectivity index (χ0v) is 14.6. The average Bonchev–Trinajstić information content (AvgIpc) is 3.34. The minimum atomic E-state index is -1.04. The summed E-state index contributed by atoms with van der Waals surface area (Å²) in [6.07, 6.45) is 2.76. The first-order valence-corrected chi connectivity index (χ1v) is 8.64. The summed E-state index contributed by atoms with van der Waals surface area (Å²) in [5.74, 6) is -0.987. The topological polar surface area (TPSA) is 86.3 Å². The Hall–Kier alpha value is -2.15. The van der Waals surface area contributed by atoms with E-state index in [1.54, 1.807) is 0 Å². The highest BCUT2D eigenvalue weighted by molar-refractivity contribution is 9.10. The number of carbonyl (C=O) groups is 2. The van der Waals surface area contributed by atoms with E-state index in [4.69, 9.17) is 5.11 Å². The Morgan fingerprint density at radius 2 is 2.00 bits per heavy atom. The number of hydrogen-bond donors (Lipinski definition) is 2. The molecule has 0 bridgehead atoms. The van der Waals surface area contributed by atoms with Crippen LogP contribution in [0.1, 0.15) is 40.5 Å². The van der Waals surface area contributed by atoms with E-state index in [1.165, 1.54) is 4.90 Å². The Morgan fingerprint density at radius 3 is 2.62 bits per heavy atom. The molecule has 24 heavy (non-hydrogen) atoms. The van der Waals surface area contributed by atoms with E-state index in [1.807, 2.05) is 30.3 Å². The number of benzene rings is 1. The highest BCUT2D eigenvalue weighted by atomic mass is 79.9. The smallest absolute Gasteiger partial charge is 0.323 e. The first-order valence-electron chi connectivity index (χ1n) is 7.85. The van der Waals surface area contributed by atoms with Gasteiger partial charge in [-0.3, -0.25) is 14.7 Å². The first kappa shape index (κ1) is 16.7. The van der Waals surface area contributed by atoms with Crippen LogP contribution in [0.2, 0.25) is 0 Å². The van der Waals surface area contributed by atoms with Gasteiger partial charge in [-0.2, -0.15) is 5.10 Å². The number of hydrogen-bond acceptors (Lipinski definition) is 3. The zero-order valence-electron chi connectivity index (χ0n) is 13.0. The van der Waals surface area contributed by atoms with Gasteiger partial charge in [0.1, 0.15) is 6.54 Å². The number of rotatable bonds is 7. The summed E-state index contributed by atoms with van der Waals surface area (Å²) in [5.41, 5.74) is 2.24. The molecule has 126 valence electrons. The molecule has 1 fully saturated rings. The lowest BCUT2D eigenvalue weighted by Crippen LogP contribution is -2.37. The maximum absolute atomic E-state index is 12.7. The van der Waals surface area contributed by atoms with Gasteiger partial charge in [-0.05, 0) is 40.8 Å². The summed E-state index contributed by atoms with van der Waals surface area (Å²) < 4.78 is 0.657. The van der Waals surface area contributed by atoms with Crippen molar-refractivity contribution in [2.75, 3.05) is 13.1 Å². The summed E-state index contributed by atoms with van der Waals surface area (Å²) in [7, 11) is 0. The minimum absolute atomic E-state index is 0.256. The van der Waals surface area contributed by atoms with E-state index >= 15 is 0 Å². The predicted molar refractivity (Wildman–Crippen MR) is 91.9 cm³/mol. The molecule has 0 atom stereocenters. The second-order valence-corrected chi connectivity index (χ2v) is 6.72. The lowest BCUT2D eigenvalue weighted by atomic mass is 10.1. The zero-order chi connectivity index (χ0) is 17.1. The van der Waals surface area contributed by atoms with Crippen LogP contribution in [0.15, 0.2) is 34.8 Å². The van der Waals surface area contributed by atoms with Crippen LogP contribution in [0.25, 0.3) is 0 Å². The summed E-state index contributed by atoms with van der Waals surface area (Å²) in [6, 6.07) is 9.68. The molecular formula is C17H18BrN3O3. The van der Waals surface area contributed by atoms with Crippen LogP contribution in [0.4, 0.5) is 0 Å². The van der Waals surface area contributed by atoms with E-state index < -0.39 is 5.97 Å². The van der Waals surface area contributed by atoms with Crippen molar-refractivity contribution in [2.24, 2.45) is 0 Å². The molecule has 1 aromatic heterocycles. The van der Waals surface area contributed by atoms with Crippen molar-refractivity contribution in [3.63, 3.8) is 0 Å². The maximum Gasteiger partial charge on any atom is 0.323 e. The molecule has 0 radical (unpaired) electrons. The van der Waals surface area contributed by atoms with Gasteiger partial charge < -0.3 is 10.0 Å². The van der Waals surface area contributed by atoms with Crippen molar-refractivity contribution >= 4 is 27.8 Å². The van der Waals surface area contributed by atoms with Crippen LogP contribution in [-0.4, -0.2) is 45.2 Å². The number of H-pyrrole nitrogens is 1. The van der Waals surface area contributed by atoms with Crippen molar-refractivity contribution in [3.05, 3.63) is 51.8 Å². The molecule has 1 amide bonds. The fraction of sp³-hybridized carbons (Fsp3) is 0.353. The molecule has 0 aliphatic heterocycles. The second kappa shape index (κ2) is 7.17. The molecule has 0 spiro atoms. The molecule has 1 aliphatic rings. The van der Waals surface area contributed by atoms with Gasteiger partial charge in [0.15, 0.2) is 5.69 Å². The second-order valence-electron chi connectivity index (χ2n) is 5.93. The van der Waals surface area contributed by atoms with Crippen molar-refractivity contribution in [1.82, 2.24) is 15.1 Å². The number of nitrogens with one attached hydrogen (secondary N) is 1. The van der Waals surface area contributed by atoms with E-state index in [0.717, 1.165) is 24.1 Å². The highest BCUT2D eigenvalue weighted by Gasteiger charge is 2.32. The number of aromatic amines is 1. The van der Waals surface area contributed by atoms with Crippen molar-refractivity contribution in [3.8, 4) is 0 Å². The van der Waals surface area contributed by atoms with Crippen LogP contribution in [0.3, 0.4) is 0 Å². The van der Waals surface area contributed by atoms with Crippen LogP contribution in [-0.2, 0) is 11.2 Å². The molecule has 1 aliphatic carbocycles. The Bertz CT molecular complexity index is 741. The number of aromatic nitrogens is 2. The van der Waals surface area contributed by atoms with E-state index in [2.05, 4.69) is 26.1 Å². The van der Waals surface area contributed by atoms with Crippen LogP contribution >= 0.6 is 15.9 Å². The Morgan fingerprint density at radius 1 is 1.29 bits per heavy atom. The van der Waals surface area contributed by atoms with Crippen LogP contribution < -0.4 is 0 Å². The SMILES string of the molecule is O=C(O)CN(CCc1ccccc1)C(=O)c1n[nH]c(C2CC2)c1Br. The summed E-state index contributed by atoms with van der Waals surface area (Å²) in [4.78, 5) is 25.2. The van der Waals surface area contributed by atoms with Crippen molar-refractivity contribution in [2.45, 2.75) is 25.2 Å².